The van der Waals surface area contributed by atoms with Crippen LogP contribution in [0.3, 0.4) is 0 Å². The van der Waals surface area contributed by atoms with E-state index in [2.05, 4.69) is 0 Å². The van der Waals surface area contributed by atoms with Crippen LogP contribution in [0, 0.1) is 62.0 Å². The molecule has 2 fully saturated rings. The Bertz CT molecular complexity index is 1290. The molecule has 2 aromatic carbocycles. The smallest absolute Gasteiger partial charge is 0.244 e. The lowest BCUT2D eigenvalue weighted by Gasteiger charge is -2.49. The second-order valence-corrected chi connectivity index (χ2v) is 8.22. The fraction of sp³-hybridized carbons (Fsp3) is 0.360. The molecule has 1 N–H and O–H groups in total. The number of nitriles is 3. The standard InChI is InChI=1S/C25H21FN4O5/c1-14-24(13-29)22(30)35-25(14,15-5-7-16(26)8-6-15)34-21(23(24,11-27)12-28)20-18(32-3)9-17(31-2)10-19(20)33-4/h5-10,14,21,30H,1-4H3. The van der Waals surface area contributed by atoms with Gasteiger partial charge in [-0.15, -0.1) is 0 Å². The molecule has 0 aromatic heterocycles. The van der Waals surface area contributed by atoms with Gasteiger partial charge < -0.3 is 23.7 Å². The molecular formula is C25H21FN4O5. The summed E-state index contributed by atoms with van der Waals surface area (Å²) >= 11 is 0. The fourth-order valence-electron chi connectivity index (χ4n) is 5.10. The van der Waals surface area contributed by atoms with Crippen LogP contribution in [0.15, 0.2) is 36.4 Å². The zero-order valence-corrected chi connectivity index (χ0v) is 19.4. The number of ether oxygens (including phenoxy) is 5. The quantitative estimate of drug-likeness (QED) is 0.683. The van der Waals surface area contributed by atoms with E-state index >= 15 is 0 Å². The van der Waals surface area contributed by atoms with Crippen molar-refractivity contribution < 1.29 is 28.1 Å². The molecule has 2 saturated heterocycles. The summed E-state index contributed by atoms with van der Waals surface area (Å²) in [6, 6.07) is 14.3. The van der Waals surface area contributed by atoms with E-state index in [1.807, 2.05) is 18.2 Å². The number of fused-ring (bicyclic) bond motifs is 2. The Morgan fingerprint density at radius 3 is 1.97 bits per heavy atom. The Kier molecular flexibility index (Phi) is 5.55. The molecule has 35 heavy (non-hydrogen) atoms. The van der Waals surface area contributed by atoms with Gasteiger partial charge in [0.05, 0.1) is 51.0 Å². The van der Waals surface area contributed by atoms with Crippen molar-refractivity contribution in [2.45, 2.75) is 18.8 Å². The third-order valence-corrected chi connectivity index (χ3v) is 6.93. The number of nitrogens with zero attached hydrogens (tertiary/aromatic N) is 3. The van der Waals surface area contributed by atoms with Crippen LogP contribution in [0.25, 0.3) is 0 Å². The number of rotatable bonds is 5. The van der Waals surface area contributed by atoms with E-state index in [9.17, 15) is 20.2 Å². The first kappa shape index (κ1) is 23.8. The SMILES string of the molecule is COc1cc(OC)c(C2OC3(c4ccc(F)cc4)OC(=N)C(C#N)(C3C)C2(C#N)C#N)c(OC)c1. The molecule has 0 saturated carbocycles. The largest absolute Gasteiger partial charge is 0.496 e. The normalized spacial score (nSPS) is 28.1. The van der Waals surface area contributed by atoms with Crippen molar-refractivity contribution in [3.63, 3.8) is 0 Å². The van der Waals surface area contributed by atoms with Gasteiger partial charge in [0, 0.05) is 17.7 Å². The van der Waals surface area contributed by atoms with Crippen LogP contribution < -0.4 is 14.2 Å². The molecule has 10 heteroatoms. The first-order chi connectivity index (χ1) is 16.7. The maximum absolute atomic E-state index is 13.7. The van der Waals surface area contributed by atoms with E-state index in [1.165, 1.54) is 57.7 Å². The van der Waals surface area contributed by atoms with Crippen molar-refractivity contribution in [1.29, 1.82) is 21.2 Å². The Morgan fingerprint density at radius 2 is 1.51 bits per heavy atom. The summed E-state index contributed by atoms with van der Waals surface area (Å²) in [7, 11) is 4.21. The molecule has 2 aromatic rings. The van der Waals surface area contributed by atoms with Gasteiger partial charge >= 0.3 is 0 Å². The monoisotopic (exact) mass is 476 g/mol. The Labute approximate surface area is 201 Å². The van der Waals surface area contributed by atoms with E-state index in [1.54, 1.807) is 6.92 Å². The molecule has 0 amide bonds. The Balaban J connectivity index is 2.10. The van der Waals surface area contributed by atoms with Gasteiger partial charge in [-0.3, -0.25) is 5.41 Å². The minimum atomic E-state index is -2.24. The van der Waals surface area contributed by atoms with E-state index in [-0.39, 0.29) is 17.1 Å². The molecule has 2 aliphatic heterocycles. The molecule has 0 aliphatic carbocycles. The van der Waals surface area contributed by atoms with Gasteiger partial charge in [0.2, 0.25) is 17.1 Å². The first-order valence-electron chi connectivity index (χ1n) is 10.5. The van der Waals surface area contributed by atoms with Gasteiger partial charge in [-0.25, -0.2) is 4.39 Å². The molecule has 2 heterocycles. The van der Waals surface area contributed by atoms with Crippen molar-refractivity contribution in [2.75, 3.05) is 21.3 Å². The minimum absolute atomic E-state index is 0.162. The van der Waals surface area contributed by atoms with Gasteiger partial charge in [-0.05, 0) is 24.3 Å². The maximum atomic E-state index is 13.7. The predicted octanol–water partition coefficient (Wildman–Crippen LogP) is 3.96. The summed E-state index contributed by atoms with van der Waals surface area (Å²) in [4.78, 5) is 0. The van der Waals surface area contributed by atoms with Crippen molar-refractivity contribution in [1.82, 2.24) is 0 Å². The predicted molar refractivity (Wildman–Crippen MR) is 118 cm³/mol. The third-order valence-electron chi connectivity index (χ3n) is 6.93. The summed E-state index contributed by atoms with van der Waals surface area (Å²) in [5.74, 6) is -3.16. The summed E-state index contributed by atoms with van der Waals surface area (Å²) < 4.78 is 42.5. The van der Waals surface area contributed by atoms with E-state index in [4.69, 9.17) is 29.1 Å². The van der Waals surface area contributed by atoms with Crippen molar-refractivity contribution >= 4 is 5.90 Å². The molecule has 0 spiro atoms. The first-order valence-corrected chi connectivity index (χ1v) is 10.5. The topological polar surface area (TPSA) is 141 Å². The number of hydrogen-bond acceptors (Lipinski definition) is 9. The van der Waals surface area contributed by atoms with Gasteiger partial charge in [0.25, 0.3) is 0 Å². The van der Waals surface area contributed by atoms with Crippen LogP contribution in [0.2, 0.25) is 0 Å². The van der Waals surface area contributed by atoms with Crippen molar-refractivity contribution in [3.05, 3.63) is 53.3 Å². The molecule has 2 aliphatic rings. The lowest BCUT2D eigenvalue weighted by atomic mass is 9.53. The van der Waals surface area contributed by atoms with Gasteiger partial charge in [-0.2, -0.15) is 15.8 Å². The van der Waals surface area contributed by atoms with Crippen LogP contribution >= 0.6 is 0 Å². The fourth-order valence-corrected chi connectivity index (χ4v) is 5.10. The molecule has 0 radical (unpaired) electrons. The highest BCUT2D eigenvalue weighted by molar-refractivity contribution is 5.89. The van der Waals surface area contributed by atoms with Crippen molar-refractivity contribution in [2.24, 2.45) is 16.7 Å². The van der Waals surface area contributed by atoms with Crippen LogP contribution in [-0.4, -0.2) is 27.2 Å². The molecule has 4 rings (SSSR count). The Hall–Kier alpha value is -4.33. The maximum Gasteiger partial charge on any atom is 0.244 e. The minimum Gasteiger partial charge on any atom is -0.496 e. The molecule has 4 unspecified atom stereocenters. The van der Waals surface area contributed by atoms with Gasteiger partial charge in [0.15, 0.2) is 5.41 Å². The number of halogens is 1. The number of hydrogen-bond donors (Lipinski definition) is 1. The number of benzene rings is 2. The molecule has 2 bridgehead atoms. The summed E-state index contributed by atoms with van der Waals surface area (Å²) in [5, 5.41) is 40.0. The van der Waals surface area contributed by atoms with Crippen molar-refractivity contribution in [3.8, 4) is 35.5 Å². The van der Waals surface area contributed by atoms with Gasteiger partial charge in [0.1, 0.15) is 29.2 Å². The highest BCUT2D eigenvalue weighted by Crippen LogP contribution is 2.70. The second-order valence-electron chi connectivity index (χ2n) is 8.22. The summed E-state index contributed by atoms with van der Waals surface area (Å²) in [5.41, 5.74) is -3.80. The number of methoxy groups -OCH3 is 3. The number of nitrogens with one attached hydrogen (secondary N) is 1. The average Bonchev–Trinajstić information content (AvgIpc) is 3.04. The van der Waals surface area contributed by atoms with E-state index in [0.717, 1.165) is 0 Å². The van der Waals surface area contributed by atoms with Crippen LogP contribution in [0.4, 0.5) is 4.39 Å². The van der Waals surface area contributed by atoms with Crippen LogP contribution in [0.5, 0.6) is 17.2 Å². The zero-order chi connectivity index (χ0) is 25.6. The summed E-state index contributed by atoms with van der Waals surface area (Å²) in [6.45, 7) is 1.57. The molecule has 178 valence electrons. The van der Waals surface area contributed by atoms with E-state index < -0.39 is 40.4 Å². The van der Waals surface area contributed by atoms with E-state index in [0.29, 0.717) is 11.3 Å². The summed E-state index contributed by atoms with van der Waals surface area (Å²) in [6.07, 6.45) is -1.47. The molecular weight excluding hydrogens is 455 g/mol. The lowest BCUT2D eigenvalue weighted by molar-refractivity contribution is -0.289. The highest BCUT2D eigenvalue weighted by Gasteiger charge is 2.80. The molecule has 4 atom stereocenters. The molecule has 9 nitrogen and oxygen atoms in total. The van der Waals surface area contributed by atoms with Crippen LogP contribution in [0.1, 0.15) is 24.2 Å². The Morgan fingerprint density at radius 1 is 0.943 bits per heavy atom. The third kappa shape index (κ3) is 2.83. The zero-order valence-electron chi connectivity index (χ0n) is 19.4. The van der Waals surface area contributed by atoms with Crippen LogP contribution in [-0.2, 0) is 15.3 Å². The average molecular weight is 476 g/mol. The van der Waals surface area contributed by atoms with Gasteiger partial charge in [-0.1, -0.05) is 6.92 Å². The lowest BCUT2D eigenvalue weighted by Crippen LogP contribution is -2.57. The second kappa shape index (κ2) is 8.16. The highest BCUT2D eigenvalue weighted by atomic mass is 19.1.